The molecule has 3 heterocycles. The van der Waals surface area contributed by atoms with Crippen molar-refractivity contribution in [2.75, 3.05) is 13.2 Å². The Hall–Kier alpha value is -2.93. The average molecular weight is 355 g/mol. The summed E-state index contributed by atoms with van der Waals surface area (Å²) in [6.45, 7) is 0.921. The van der Waals surface area contributed by atoms with Crippen molar-refractivity contribution in [1.82, 2.24) is 14.7 Å². The smallest absolute Gasteiger partial charge is 0.253 e. The number of halogens is 1. The average Bonchev–Trinajstić information content (AvgIpc) is 3.13. The van der Waals surface area contributed by atoms with E-state index < -0.39 is 0 Å². The Morgan fingerprint density at radius 1 is 1.27 bits per heavy atom. The number of nitrogens with one attached hydrogen (secondary N) is 1. The van der Waals surface area contributed by atoms with Crippen molar-refractivity contribution in [3.63, 3.8) is 0 Å². The predicted octanol–water partition coefficient (Wildman–Crippen LogP) is 2.44. The molecule has 134 valence electrons. The molecule has 0 spiro atoms. The minimum Gasteiger partial charge on any atom is -0.488 e. The van der Waals surface area contributed by atoms with Crippen LogP contribution >= 0.6 is 0 Å². The first kappa shape index (κ1) is 16.5. The Morgan fingerprint density at radius 3 is 2.96 bits per heavy atom. The van der Waals surface area contributed by atoms with Gasteiger partial charge in [0.2, 0.25) is 0 Å². The summed E-state index contributed by atoms with van der Waals surface area (Å²) in [7, 11) is 0. The molecule has 3 aromatic rings. The number of fused-ring (bicyclic) bond motifs is 1. The number of imidazole rings is 1. The van der Waals surface area contributed by atoms with Crippen LogP contribution in [0.15, 0.2) is 55.0 Å². The lowest BCUT2D eigenvalue weighted by molar-refractivity contribution is -0.00291. The van der Waals surface area contributed by atoms with Gasteiger partial charge in [-0.25, -0.2) is 9.37 Å². The topological polar surface area (TPSA) is 64.9 Å². The molecule has 0 aliphatic carbocycles. The van der Waals surface area contributed by atoms with Gasteiger partial charge in [0.15, 0.2) is 0 Å². The van der Waals surface area contributed by atoms with Crippen LogP contribution in [0.2, 0.25) is 0 Å². The molecule has 4 rings (SSSR count). The fraction of sp³-hybridized carbons (Fsp3) is 0.263. The number of rotatable bonds is 4. The van der Waals surface area contributed by atoms with E-state index in [0.29, 0.717) is 30.9 Å². The Labute approximate surface area is 149 Å². The molecule has 1 amide bonds. The van der Waals surface area contributed by atoms with Crippen molar-refractivity contribution in [2.45, 2.75) is 18.6 Å². The zero-order chi connectivity index (χ0) is 17.9. The molecular weight excluding hydrogens is 337 g/mol. The largest absolute Gasteiger partial charge is 0.488 e. The highest BCUT2D eigenvalue weighted by Crippen LogP contribution is 2.19. The molecule has 6 nitrogen and oxygen atoms in total. The van der Waals surface area contributed by atoms with Crippen molar-refractivity contribution in [1.29, 1.82) is 0 Å². The SMILES string of the molecule is O=C(N[C@@H]1COCC[C@@H]1Oc1ccc(F)cc1)c1ccc2nccn2c1. The van der Waals surface area contributed by atoms with Crippen LogP contribution in [-0.4, -0.2) is 40.7 Å². The maximum absolute atomic E-state index is 13.1. The highest BCUT2D eigenvalue weighted by Gasteiger charge is 2.29. The van der Waals surface area contributed by atoms with Gasteiger partial charge in [-0.05, 0) is 36.4 Å². The molecule has 1 saturated heterocycles. The lowest BCUT2D eigenvalue weighted by Gasteiger charge is -2.32. The van der Waals surface area contributed by atoms with E-state index in [1.807, 2.05) is 0 Å². The monoisotopic (exact) mass is 355 g/mol. The number of aromatic nitrogens is 2. The summed E-state index contributed by atoms with van der Waals surface area (Å²) in [5.74, 6) is 0.0465. The lowest BCUT2D eigenvalue weighted by Crippen LogP contribution is -2.51. The third-order valence-electron chi connectivity index (χ3n) is 4.36. The van der Waals surface area contributed by atoms with E-state index in [1.165, 1.54) is 12.1 Å². The molecule has 0 saturated carbocycles. The molecule has 1 aliphatic rings. The summed E-state index contributed by atoms with van der Waals surface area (Å²) in [6.07, 6.45) is 5.60. The number of ether oxygens (including phenoxy) is 2. The first-order chi connectivity index (χ1) is 12.7. The van der Waals surface area contributed by atoms with Crippen molar-refractivity contribution in [3.8, 4) is 5.75 Å². The zero-order valence-corrected chi connectivity index (χ0v) is 14.0. The van der Waals surface area contributed by atoms with Crippen molar-refractivity contribution in [3.05, 3.63) is 66.4 Å². The van der Waals surface area contributed by atoms with Gasteiger partial charge in [0.1, 0.15) is 23.3 Å². The van der Waals surface area contributed by atoms with E-state index >= 15 is 0 Å². The Bertz CT molecular complexity index is 910. The van der Waals surface area contributed by atoms with Crippen molar-refractivity contribution >= 4 is 11.6 Å². The molecule has 7 heteroatoms. The van der Waals surface area contributed by atoms with Crippen LogP contribution in [0.5, 0.6) is 5.75 Å². The predicted molar refractivity (Wildman–Crippen MR) is 92.7 cm³/mol. The number of benzene rings is 1. The molecule has 0 radical (unpaired) electrons. The first-order valence-electron chi connectivity index (χ1n) is 8.42. The number of pyridine rings is 1. The van der Waals surface area contributed by atoms with Crippen LogP contribution in [0, 0.1) is 5.82 Å². The van der Waals surface area contributed by atoms with Gasteiger partial charge in [-0.2, -0.15) is 0 Å². The molecule has 1 aromatic carbocycles. The van der Waals surface area contributed by atoms with Gasteiger partial charge in [0, 0.05) is 25.0 Å². The summed E-state index contributed by atoms with van der Waals surface area (Å²) in [5, 5.41) is 2.98. The highest BCUT2D eigenvalue weighted by molar-refractivity contribution is 5.94. The second-order valence-electron chi connectivity index (χ2n) is 6.16. The third-order valence-corrected chi connectivity index (χ3v) is 4.36. The molecule has 2 aromatic heterocycles. The fourth-order valence-electron chi connectivity index (χ4n) is 2.99. The van der Waals surface area contributed by atoms with Crippen LogP contribution in [-0.2, 0) is 4.74 Å². The van der Waals surface area contributed by atoms with E-state index in [-0.39, 0.29) is 23.9 Å². The number of amides is 1. The Balaban J connectivity index is 1.47. The molecule has 1 N–H and O–H groups in total. The maximum atomic E-state index is 13.1. The minimum absolute atomic E-state index is 0.205. The van der Waals surface area contributed by atoms with Crippen molar-refractivity contribution < 1.29 is 18.7 Å². The molecular formula is C19H18FN3O3. The minimum atomic E-state index is -0.316. The van der Waals surface area contributed by atoms with E-state index in [0.717, 1.165) is 5.65 Å². The van der Waals surface area contributed by atoms with E-state index in [1.54, 1.807) is 47.3 Å². The van der Waals surface area contributed by atoms with Crippen LogP contribution in [0.25, 0.3) is 5.65 Å². The number of hydrogen-bond donors (Lipinski definition) is 1. The standard InChI is InChI=1S/C19H18FN3O3/c20-14-2-4-15(5-3-14)26-17-7-10-25-12-16(17)22-19(24)13-1-6-18-21-8-9-23(18)11-13/h1-6,8-9,11,16-17H,7,10,12H2,(H,22,24)/t16-,17+/m1/s1. The normalized spacial score (nSPS) is 20.0. The van der Waals surface area contributed by atoms with Gasteiger partial charge in [0.25, 0.3) is 5.91 Å². The second kappa shape index (κ2) is 7.13. The van der Waals surface area contributed by atoms with Crippen LogP contribution < -0.4 is 10.1 Å². The van der Waals surface area contributed by atoms with Crippen LogP contribution in [0.1, 0.15) is 16.8 Å². The lowest BCUT2D eigenvalue weighted by atomic mass is 10.1. The number of carbonyl (C=O) groups excluding carboxylic acids is 1. The maximum Gasteiger partial charge on any atom is 0.253 e. The number of carbonyl (C=O) groups is 1. The van der Waals surface area contributed by atoms with Gasteiger partial charge < -0.3 is 19.2 Å². The number of hydrogen-bond acceptors (Lipinski definition) is 4. The summed E-state index contributed by atoms with van der Waals surface area (Å²) < 4.78 is 26.3. The van der Waals surface area contributed by atoms with Gasteiger partial charge >= 0.3 is 0 Å². The van der Waals surface area contributed by atoms with Crippen LogP contribution in [0.4, 0.5) is 4.39 Å². The molecule has 0 bridgehead atoms. The zero-order valence-electron chi connectivity index (χ0n) is 14.0. The first-order valence-corrected chi connectivity index (χ1v) is 8.42. The van der Waals surface area contributed by atoms with Crippen LogP contribution in [0.3, 0.4) is 0 Å². The number of nitrogens with zero attached hydrogens (tertiary/aromatic N) is 2. The van der Waals surface area contributed by atoms with Gasteiger partial charge in [-0.3, -0.25) is 4.79 Å². The Kier molecular flexibility index (Phi) is 4.53. The fourth-order valence-corrected chi connectivity index (χ4v) is 2.99. The quantitative estimate of drug-likeness (QED) is 0.781. The van der Waals surface area contributed by atoms with Crippen molar-refractivity contribution in [2.24, 2.45) is 0 Å². The van der Waals surface area contributed by atoms with Gasteiger partial charge in [-0.15, -0.1) is 0 Å². The molecule has 1 fully saturated rings. The van der Waals surface area contributed by atoms with E-state index in [4.69, 9.17) is 9.47 Å². The summed E-state index contributed by atoms with van der Waals surface area (Å²) in [6, 6.07) is 9.09. The highest BCUT2D eigenvalue weighted by atomic mass is 19.1. The Morgan fingerprint density at radius 2 is 2.12 bits per heavy atom. The van der Waals surface area contributed by atoms with Gasteiger partial charge in [-0.1, -0.05) is 0 Å². The molecule has 1 aliphatic heterocycles. The summed E-state index contributed by atoms with van der Waals surface area (Å²) in [4.78, 5) is 16.8. The molecule has 26 heavy (non-hydrogen) atoms. The van der Waals surface area contributed by atoms with E-state index in [9.17, 15) is 9.18 Å². The molecule has 2 atom stereocenters. The third kappa shape index (κ3) is 3.52. The van der Waals surface area contributed by atoms with Gasteiger partial charge in [0.05, 0.1) is 24.8 Å². The summed E-state index contributed by atoms with van der Waals surface area (Å²) in [5.41, 5.74) is 1.31. The molecule has 0 unspecified atom stereocenters. The summed E-state index contributed by atoms with van der Waals surface area (Å²) >= 11 is 0. The second-order valence-corrected chi connectivity index (χ2v) is 6.16. The van der Waals surface area contributed by atoms with E-state index in [2.05, 4.69) is 10.3 Å².